The molecule has 5 heteroatoms. The first-order valence-electron chi connectivity index (χ1n) is 2.84. The molecule has 0 aliphatic carbocycles. The zero-order valence-electron chi connectivity index (χ0n) is 6.44. The van der Waals surface area contributed by atoms with Gasteiger partial charge in [-0.2, -0.15) is 0 Å². The molecule has 1 rings (SSSR count). The third-order valence-corrected chi connectivity index (χ3v) is 1.21. The molecule has 0 aromatic heterocycles. The molecule has 0 fully saturated rings. The maximum atomic E-state index is 10.6. The van der Waals surface area contributed by atoms with Gasteiger partial charge in [-0.1, -0.05) is 11.8 Å². The Morgan fingerprint density at radius 3 is 2.42 bits per heavy atom. The number of rotatable bonds is 1. The normalized spacial score (nSPS) is 8.67. The second-order valence-corrected chi connectivity index (χ2v) is 1.99. The first-order valence-corrected chi connectivity index (χ1v) is 2.84. The second kappa shape index (κ2) is 3.59. The third kappa shape index (κ3) is 1.86. The molecule has 0 atom stereocenters. The number of phenolic OH excluding ortho intramolecular Hbond substituents is 1. The molecule has 6 N–H and O–H groups in total. The van der Waals surface area contributed by atoms with Gasteiger partial charge in [0.15, 0.2) is 0 Å². The van der Waals surface area contributed by atoms with Crippen LogP contribution in [0.3, 0.4) is 0 Å². The van der Waals surface area contributed by atoms with E-state index in [4.69, 9.17) is 10.2 Å². The summed E-state index contributed by atoms with van der Waals surface area (Å²) in [5.74, 6) is -2.28. The van der Waals surface area contributed by atoms with Crippen LogP contribution in [0, 0.1) is 0 Å². The number of aromatic hydroxyl groups is 1. The highest BCUT2D eigenvalue weighted by atomic mass is 16.4. The van der Waals surface area contributed by atoms with E-state index in [1.54, 1.807) is 0 Å². The molecule has 0 saturated carbocycles. The Kier molecular flexibility index (Phi) is 3.06. The van der Waals surface area contributed by atoms with Crippen molar-refractivity contribution in [1.29, 1.82) is 0 Å². The summed E-state index contributed by atoms with van der Waals surface area (Å²) in [6.45, 7) is 0. The molecule has 0 heterocycles. The van der Waals surface area contributed by atoms with E-state index in [-0.39, 0.29) is 11.7 Å². The number of phenols is 1. The molecule has 0 saturated heterocycles. The Hall–Kier alpha value is -1.75. The van der Waals surface area contributed by atoms with E-state index in [9.17, 15) is 9.90 Å². The molecule has 0 aliphatic heterocycles. The van der Waals surface area contributed by atoms with Gasteiger partial charge in [0.05, 0.1) is 5.56 Å². The Morgan fingerprint density at radius 1 is 1.42 bits per heavy atom. The van der Waals surface area contributed by atoms with Crippen molar-refractivity contribution in [3.8, 4) is 11.5 Å². The molecule has 12 heavy (non-hydrogen) atoms. The number of aromatic carboxylic acids is 1. The summed E-state index contributed by atoms with van der Waals surface area (Å²) in [6.07, 6.45) is 0. The lowest BCUT2D eigenvalue weighted by molar-refractivity contribution is -0.270. The lowest BCUT2D eigenvalue weighted by atomic mass is 10.2. The number of benzene rings is 1. The van der Waals surface area contributed by atoms with Crippen LogP contribution in [0.25, 0.3) is 0 Å². The zero-order chi connectivity index (χ0) is 8.43. The highest BCUT2D eigenvalue weighted by Gasteiger charge is 2.02. The van der Waals surface area contributed by atoms with Crippen LogP contribution in [-0.2, 0) is 0 Å². The number of carboxylic acid groups (broad SMARTS) is 1. The second-order valence-electron chi connectivity index (χ2n) is 1.99. The Morgan fingerprint density at radius 2 is 2.00 bits per heavy atom. The predicted octanol–water partition coefficient (Wildman–Crippen LogP) is 0.540. The summed E-state index contributed by atoms with van der Waals surface area (Å²) in [5.41, 5.74) is -0.0953. The number of carbonyl (C=O) groups is 1. The van der Waals surface area contributed by atoms with Crippen molar-refractivity contribution >= 4 is 5.97 Å². The van der Waals surface area contributed by atoms with Crippen molar-refractivity contribution in [3.05, 3.63) is 23.8 Å². The van der Waals surface area contributed by atoms with Crippen LogP contribution in [0.1, 0.15) is 10.4 Å². The Balaban J connectivity index is 0.00000121. The first kappa shape index (κ1) is 10.2. The number of hydrogen-bond donors (Lipinski definition) is 3. The number of carboxylic acids is 1. The van der Waals surface area contributed by atoms with Gasteiger partial charge in [-0.3, -0.25) is 0 Å². The van der Waals surface area contributed by atoms with Crippen LogP contribution < -0.4 is 11.3 Å². The van der Waals surface area contributed by atoms with E-state index >= 15 is 0 Å². The molecule has 1 aromatic rings. The van der Waals surface area contributed by atoms with Gasteiger partial charge in [-0.25, -0.2) is 4.79 Å². The largest absolute Gasteiger partial charge is 0.870 e. The molecule has 66 valence electrons. The van der Waals surface area contributed by atoms with Crippen molar-refractivity contribution in [3.63, 3.8) is 0 Å². The van der Waals surface area contributed by atoms with E-state index in [0.29, 0.717) is 0 Å². The van der Waals surface area contributed by atoms with E-state index in [2.05, 4.69) is 0 Å². The van der Waals surface area contributed by atoms with E-state index in [1.807, 2.05) is 0 Å². The van der Waals surface area contributed by atoms with Crippen molar-refractivity contribution < 1.29 is 20.1 Å². The minimum atomic E-state index is -1.17. The monoisotopic (exact) mass is 171 g/mol. The molecular weight excluding hydrogens is 162 g/mol. The number of quaternary nitrogens is 1. The predicted molar refractivity (Wildman–Crippen MR) is 40.5 cm³/mol. The minimum Gasteiger partial charge on any atom is -0.870 e. The van der Waals surface area contributed by atoms with Crippen molar-refractivity contribution in [1.82, 2.24) is 6.15 Å². The van der Waals surface area contributed by atoms with Crippen molar-refractivity contribution in [2.24, 2.45) is 0 Å². The van der Waals surface area contributed by atoms with E-state index in [1.165, 1.54) is 0 Å². The van der Waals surface area contributed by atoms with Crippen molar-refractivity contribution in [2.75, 3.05) is 0 Å². The number of hydrogen-bond acceptors (Lipinski definition) is 3. The van der Waals surface area contributed by atoms with Crippen LogP contribution >= 0.6 is 0 Å². The smallest absolute Gasteiger partial charge is 0.335 e. The maximum Gasteiger partial charge on any atom is 0.335 e. The fourth-order valence-corrected chi connectivity index (χ4v) is 0.650. The molecule has 0 bridgehead atoms. The summed E-state index contributed by atoms with van der Waals surface area (Å²) in [7, 11) is 0. The Bertz CT molecular complexity index is 297. The van der Waals surface area contributed by atoms with Crippen LogP contribution in [0.15, 0.2) is 18.2 Å². The van der Waals surface area contributed by atoms with Gasteiger partial charge in [0.25, 0.3) is 0 Å². The summed E-state index contributed by atoms with van der Waals surface area (Å²) in [4.78, 5) is 10.3. The summed E-state index contributed by atoms with van der Waals surface area (Å²) in [5, 5.41) is 27.7. The van der Waals surface area contributed by atoms with Crippen LogP contribution in [0.2, 0.25) is 0 Å². The molecule has 1 aromatic carbocycles. The van der Waals surface area contributed by atoms with Crippen LogP contribution in [0.5, 0.6) is 11.5 Å². The zero-order valence-corrected chi connectivity index (χ0v) is 6.44. The summed E-state index contributed by atoms with van der Waals surface area (Å²) < 4.78 is 0. The average Bonchev–Trinajstić information content (AvgIpc) is 1.94. The highest BCUT2D eigenvalue weighted by molar-refractivity contribution is 5.88. The quantitative estimate of drug-likeness (QED) is 0.571. The van der Waals surface area contributed by atoms with Crippen molar-refractivity contribution in [2.45, 2.75) is 0 Å². The molecule has 0 unspecified atom stereocenters. The van der Waals surface area contributed by atoms with E-state index in [0.717, 1.165) is 18.2 Å². The van der Waals surface area contributed by atoms with Gasteiger partial charge in [-0.15, -0.1) is 0 Å². The molecule has 0 spiro atoms. The molecule has 5 nitrogen and oxygen atoms in total. The van der Waals surface area contributed by atoms with Crippen LogP contribution in [-0.4, -0.2) is 16.2 Å². The third-order valence-electron chi connectivity index (χ3n) is 1.21. The average molecular weight is 171 g/mol. The summed E-state index contributed by atoms with van der Waals surface area (Å²) >= 11 is 0. The highest BCUT2D eigenvalue weighted by Crippen LogP contribution is 2.21. The van der Waals surface area contributed by atoms with Gasteiger partial charge < -0.3 is 21.5 Å². The van der Waals surface area contributed by atoms with Gasteiger partial charge in [0.2, 0.25) is 0 Å². The SMILES string of the molecule is O=C(O)c1ccc([O-])c(O)c1.[NH4+]. The van der Waals surface area contributed by atoms with Gasteiger partial charge in [0.1, 0.15) is 5.75 Å². The fourth-order valence-electron chi connectivity index (χ4n) is 0.650. The molecular formula is C7H9NO4. The first-order chi connectivity index (χ1) is 5.11. The lowest BCUT2D eigenvalue weighted by Gasteiger charge is -2.07. The van der Waals surface area contributed by atoms with Gasteiger partial charge in [-0.05, 0) is 12.1 Å². The fraction of sp³-hybridized carbons (Fsp3) is 0. The summed E-state index contributed by atoms with van der Waals surface area (Å²) in [6, 6.07) is 3.08. The van der Waals surface area contributed by atoms with Crippen LogP contribution in [0.4, 0.5) is 0 Å². The lowest BCUT2D eigenvalue weighted by Crippen LogP contribution is -1.97. The molecule has 0 amide bonds. The Labute approximate surface area is 68.5 Å². The topological polar surface area (TPSA) is 117 Å². The van der Waals surface area contributed by atoms with Gasteiger partial charge in [0, 0.05) is 0 Å². The van der Waals surface area contributed by atoms with Gasteiger partial charge >= 0.3 is 5.97 Å². The maximum absolute atomic E-state index is 10.6. The molecule has 0 radical (unpaired) electrons. The molecule has 0 aliphatic rings. The minimum absolute atomic E-state index is 0. The van der Waals surface area contributed by atoms with E-state index < -0.39 is 17.5 Å². The standard InChI is InChI=1S/C7H6O4.H3N/c8-5-2-1-4(7(10)11)3-6(5)9;/h1-3,8-9H,(H,10,11);1H3.